The molecule has 0 fully saturated rings. The zero-order chi connectivity index (χ0) is 12.7. The Morgan fingerprint density at radius 2 is 1.94 bits per heavy atom. The van der Waals surface area contributed by atoms with Gasteiger partial charge in [-0.15, -0.1) is 0 Å². The molecular weight excluding hydrogens is 216 g/mol. The van der Waals surface area contributed by atoms with E-state index in [4.69, 9.17) is 9.47 Å². The number of hydrogen-bond donors (Lipinski definition) is 0. The maximum Gasteiger partial charge on any atom is 0.188 e. The van der Waals surface area contributed by atoms with E-state index in [1.54, 1.807) is 7.11 Å². The zero-order valence-corrected chi connectivity index (χ0v) is 10.7. The maximum atomic E-state index is 11.8. The fourth-order valence-electron chi connectivity index (χ4n) is 1.51. The van der Waals surface area contributed by atoms with Gasteiger partial charge in [0.1, 0.15) is 6.61 Å². The number of benzene rings is 1. The van der Waals surface area contributed by atoms with Gasteiger partial charge in [0.25, 0.3) is 0 Å². The van der Waals surface area contributed by atoms with E-state index in [1.807, 2.05) is 31.2 Å². The summed E-state index contributed by atoms with van der Waals surface area (Å²) in [5, 5.41) is 0. The van der Waals surface area contributed by atoms with E-state index in [0.29, 0.717) is 12.2 Å². The number of methoxy groups -OCH3 is 1. The van der Waals surface area contributed by atoms with Crippen molar-refractivity contribution in [1.29, 1.82) is 0 Å². The molecule has 0 heterocycles. The van der Waals surface area contributed by atoms with Crippen LogP contribution in [0.2, 0.25) is 0 Å². The average Bonchev–Trinajstić information content (AvgIpc) is 2.36. The summed E-state index contributed by atoms with van der Waals surface area (Å²) in [4.78, 5) is 11.8. The third kappa shape index (κ3) is 4.67. The summed E-state index contributed by atoms with van der Waals surface area (Å²) in [5.41, 5.74) is 1.93. The van der Waals surface area contributed by atoms with Gasteiger partial charge in [-0.25, -0.2) is 0 Å². The third-order valence-corrected chi connectivity index (χ3v) is 2.58. The zero-order valence-electron chi connectivity index (χ0n) is 10.7. The molecule has 0 amide bonds. The molecule has 1 unspecified atom stereocenters. The van der Waals surface area contributed by atoms with Gasteiger partial charge < -0.3 is 9.47 Å². The van der Waals surface area contributed by atoms with Gasteiger partial charge in [0.05, 0.1) is 12.7 Å². The predicted octanol–water partition coefficient (Wildman–Crippen LogP) is 2.48. The van der Waals surface area contributed by atoms with Crippen LogP contribution in [0.5, 0.6) is 0 Å². The van der Waals surface area contributed by atoms with Gasteiger partial charge in [0.2, 0.25) is 0 Å². The van der Waals surface area contributed by atoms with Crippen LogP contribution < -0.4 is 0 Å². The first-order chi connectivity index (χ1) is 8.17. The molecule has 94 valence electrons. The Balaban J connectivity index is 2.46. The summed E-state index contributed by atoms with van der Waals surface area (Å²) in [5.74, 6) is 0.00982. The van der Waals surface area contributed by atoms with E-state index in [0.717, 1.165) is 6.42 Å². The molecule has 0 saturated carbocycles. The van der Waals surface area contributed by atoms with Crippen molar-refractivity contribution in [2.45, 2.75) is 26.4 Å². The Morgan fingerprint density at radius 3 is 2.47 bits per heavy atom. The van der Waals surface area contributed by atoms with Gasteiger partial charge in [0.15, 0.2) is 5.78 Å². The van der Waals surface area contributed by atoms with Crippen LogP contribution in [0.15, 0.2) is 24.3 Å². The number of hydrogen-bond acceptors (Lipinski definition) is 3. The molecule has 1 aromatic rings. The van der Waals surface area contributed by atoms with Crippen molar-refractivity contribution in [3.05, 3.63) is 35.4 Å². The minimum atomic E-state index is -0.0566. The first kappa shape index (κ1) is 13.9. The van der Waals surface area contributed by atoms with Crippen LogP contribution in [0.4, 0.5) is 0 Å². The highest BCUT2D eigenvalue weighted by Crippen LogP contribution is 2.06. The summed E-state index contributed by atoms with van der Waals surface area (Å²) < 4.78 is 10.3. The first-order valence-electron chi connectivity index (χ1n) is 5.90. The Morgan fingerprint density at radius 1 is 1.29 bits per heavy atom. The number of Topliss-reactive ketones (excluding diaryl/α,β-unsaturated/α-hetero) is 1. The summed E-state index contributed by atoms with van der Waals surface area (Å²) in [6.07, 6.45) is 0.925. The van der Waals surface area contributed by atoms with Crippen molar-refractivity contribution < 1.29 is 14.3 Å². The average molecular weight is 236 g/mol. The van der Waals surface area contributed by atoms with Crippen LogP contribution in [-0.4, -0.2) is 32.2 Å². The molecule has 0 aliphatic carbocycles. The SMILES string of the molecule is CCc1ccc(C(=O)COC(C)COC)cc1. The summed E-state index contributed by atoms with van der Waals surface area (Å²) in [6.45, 7) is 4.58. The van der Waals surface area contributed by atoms with Crippen molar-refractivity contribution in [3.63, 3.8) is 0 Å². The molecular formula is C14H20O3. The van der Waals surface area contributed by atoms with Gasteiger partial charge in [-0.05, 0) is 18.9 Å². The second kappa shape index (κ2) is 7.20. The number of carbonyl (C=O) groups excluding carboxylic acids is 1. The highest BCUT2D eigenvalue weighted by molar-refractivity contribution is 5.97. The van der Waals surface area contributed by atoms with Crippen LogP contribution in [0.3, 0.4) is 0 Å². The van der Waals surface area contributed by atoms with Gasteiger partial charge in [0, 0.05) is 12.7 Å². The molecule has 0 bridgehead atoms. The van der Waals surface area contributed by atoms with Crippen LogP contribution in [0, 0.1) is 0 Å². The lowest BCUT2D eigenvalue weighted by Gasteiger charge is -2.11. The van der Waals surface area contributed by atoms with Gasteiger partial charge in [-0.3, -0.25) is 4.79 Å². The quantitative estimate of drug-likeness (QED) is 0.682. The molecule has 3 heteroatoms. The van der Waals surface area contributed by atoms with Crippen LogP contribution in [0.1, 0.15) is 29.8 Å². The number of rotatable bonds is 7. The molecule has 0 aromatic heterocycles. The molecule has 0 aliphatic rings. The molecule has 1 aromatic carbocycles. The van der Waals surface area contributed by atoms with Crippen molar-refractivity contribution in [2.24, 2.45) is 0 Å². The number of ether oxygens (including phenoxy) is 2. The Bertz CT molecular complexity index is 343. The topological polar surface area (TPSA) is 35.5 Å². The molecule has 0 N–H and O–H groups in total. The number of aryl methyl sites for hydroxylation is 1. The lowest BCUT2D eigenvalue weighted by molar-refractivity contribution is 0.0125. The van der Waals surface area contributed by atoms with Crippen molar-refractivity contribution in [3.8, 4) is 0 Å². The van der Waals surface area contributed by atoms with E-state index in [1.165, 1.54) is 5.56 Å². The first-order valence-corrected chi connectivity index (χ1v) is 5.90. The summed E-state index contributed by atoms with van der Waals surface area (Å²) in [7, 11) is 1.62. The fraction of sp³-hybridized carbons (Fsp3) is 0.500. The smallest absolute Gasteiger partial charge is 0.188 e. The lowest BCUT2D eigenvalue weighted by atomic mass is 10.1. The normalized spacial score (nSPS) is 12.4. The number of carbonyl (C=O) groups is 1. The standard InChI is InChI=1S/C14H20O3/c1-4-12-5-7-13(8-6-12)14(15)10-17-11(2)9-16-3/h5-8,11H,4,9-10H2,1-3H3. The molecule has 1 atom stereocenters. The summed E-state index contributed by atoms with van der Waals surface area (Å²) >= 11 is 0. The highest BCUT2D eigenvalue weighted by Gasteiger charge is 2.08. The summed E-state index contributed by atoms with van der Waals surface area (Å²) in [6, 6.07) is 7.66. The Labute approximate surface area is 103 Å². The van der Waals surface area contributed by atoms with E-state index < -0.39 is 0 Å². The second-order valence-electron chi connectivity index (χ2n) is 4.05. The van der Waals surface area contributed by atoms with Crippen molar-refractivity contribution >= 4 is 5.78 Å². The van der Waals surface area contributed by atoms with Crippen molar-refractivity contribution in [2.75, 3.05) is 20.3 Å². The molecule has 0 spiro atoms. The predicted molar refractivity (Wildman–Crippen MR) is 67.4 cm³/mol. The van der Waals surface area contributed by atoms with Crippen LogP contribution >= 0.6 is 0 Å². The van der Waals surface area contributed by atoms with E-state index in [2.05, 4.69) is 6.92 Å². The minimum absolute atomic E-state index is 0.00982. The van der Waals surface area contributed by atoms with Crippen LogP contribution in [0.25, 0.3) is 0 Å². The van der Waals surface area contributed by atoms with Crippen molar-refractivity contribution in [1.82, 2.24) is 0 Å². The monoisotopic (exact) mass is 236 g/mol. The molecule has 1 rings (SSSR count). The third-order valence-electron chi connectivity index (χ3n) is 2.58. The van der Waals surface area contributed by atoms with E-state index in [-0.39, 0.29) is 18.5 Å². The van der Waals surface area contributed by atoms with Gasteiger partial charge in [-0.2, -0.15) is 0 Å². The van der Waals surface area contributed by atoms with Gasteiger partial charge >= 0.3 is 0 Å². The molecule has 0 saturated heterocycles. The van der Waals surface area contributed by atoms with E-state index >= 15 is 0 Å². The molecule has 0 radical (unpaired) electrons. The molecule has 0 aliphatic heterocycles. The molecule has 17 heavy (non-hydrogen) atoms. The van der Waals surface area contributed by atoms with E-state index in [9.17, 15) is 4.79 Å². The Kier molecular flexibility index (Phi) is 5.87. The minimum Gasteiger partial charge on any atom is -0.382 e. The lowest BCUT2D eigenvalue weighted by Crippen LogP contribution is -2.19. The second-order valence-corrected chi connectivity index (χ2v) is 4.05. The maximum absolute atomic E-state index is 11.8. The van der Waals surface area contributed by atoms with Crippen LogP contribution in [-0.2, 0) is 15.9 Å². The van der Waals surface area contributed by atoms with Gasteiger partial charge in [-0.1, -0.05) is 31.2 Å². The largest absolute Gasteiger partial charge is 0.382 e. The Hall–Kier alpha value is -1.19. The molecule has 3 nitrogen and oxygen atoms in total. The number of ketones is 1. The highest BCUT2D eigenvalue weighted by atomic mass is 16.5. The fourth-order valence-corrected chi connectivity index (χ4v) is 1.51.